The summed E-state index contributed by atoms with van der Waals surface area (Å²) in [5.74, 6) is 0. The highest BCUT2D eigenvalue weighted by molar-refractivity contribution is 6.20. The summed E-state index contributed by atoms with van der Waals surface area (Å²) in [5.41, 5.74) is 0. The smallest absolute Gasteiger partial charge is 0.0595 e. The lowest BCUT2D eigenvalue weighted by molar-refractivity contribution is 0.287. The van der Waals surface area contributed by atoms with E-state index in [9.17, 15) is 0 Å². The van der Waals surface area contributed by atoms with Gasteiger partial charge in [-0.2, -0.15) is 0 Å². The maximum Gasteiger partial charge on any atom is 0.0595 e. The first kappa shape index (κ1) is 11.0. The summed E-state index contributed by atoms with van der Waals surface area (Å²) in [7, 11) is 0. The van der Waals surface area contributed by atoms with Crippen LogP contribution in [0.5, 0.6) is 0 Å². The van der Waals surface area contributed by atoms with Gasteiger partial charge in [0.15, 0.2) is 0 Å². The molecule has 0 aliphatic heterocycles. The van der Waals surface area contributed by atoms with Gasteiger partial charge in [-0.1, -0.05) is 19.1 Å². The van der Waals surface area contributed by atoms with Crippen LogP contribution in [0.3, 0.4) is 0 Å². The normalized spacial score (nSPS) is 14.1. The molecule has 2 heteroatoms. The number of allylic oxidation sites excluding steroid dienone is 2. The predicted molar refractivity (Wildman–Crippen MR) is 50.0 cm³/mol. The molecule has 0 aliphatic rings. The molecule has 0 radical (unpaired) electrons. The summed E-state index contributed by atoms with van der Waals surface area (Å²) >= 11 is 5.70. The Morgan fingerprint density at radius 3 is 2.73 bits per heavy atom. The van der Waals surface area contributed by atoms with Crippen molar-refractivity contribution in [3.63, 3.8) is 0 Å². The number of hydrogen-bond donors (Lipinski definition) is 1. The van der Waals surface area contributed by atoms with Gasteiger partial charge >= 0.3 is 0 Å². The van der Waals surface area contributed by atoms with Gasteiger partial charge in [-0.3, -0.25) is 0 Å². The Bertz CT molecular complexity index is 102. The van der Waals surface area contributed by atoms with E-state index in [0.717, 1.165) is 25.7 Å². The molecule has 1 nitrogen and oxygen atoms in total. The molecule has 0 aliphatic carbocycles. The van der Waals surface area contributed by atoms with E-state index < -0.39 is 0 Å². The lowest BCUT2D eigenvalue weighted by Crippen LogP contribution is -2.03. The van der Waals surface area contributed by atoms with Crippen molar-refractivity contribution in [3.05, 3.63) is 12.2 Å². The Balaban J connectivity index is 3.07. The maximum absolute atomic E-state index is 8.59. The largest absolute Gasteiger partial charge is 0.395 e. The zero-order valence-electron chi connectivity index (χ0n) is 7.09. The molecule has 0 saturated heterocycles. The van der Waals surface area contributed by atoms with Gasteiger partial charge in [0.2, 0.25) is 0 Å². The first-order chi connectivity index (χ1) is 5.31. The Hall–Kier alpha value is -0.0100. The second-order valence-electron chi connectivity index (χ2n) is 2.59. The molecule has 0 saturated carbocycles. The Kier molecular flexibility index (Phi) is 8.08. The van der Waals surface area contributed by atoms with Crippen molar-refractivity contribution in [2.24, 2.45) is 0 Å². The minimum absolute atomic E-state index is 0.0509. The third kappa shape index (κ3) is 7.89. The molecule has 1 N–H and O–H groups in total. The fourth-order valence-corrected chi connectivity index (χ4v) is 0.987. The van der Waals surface area contributed by atoms with Crippen LogP contribution in [0, 0.1) is 0 Å². The maximum atomic E-state index is 8.59. The molecule has 0 unspecified atom stereocenters. The van der Waals surface area contributed by atoms with Crippen LogP contribution in [0.1, 0.15) is 32.6 Å². The van der Waals surface area contributed by atoms with E-state index in [-0.39, 0.29) is 12.0 Å². The summed E-state index contributed by atoms with van der Waals surface area (Å²) < 4.78 is 0. The highest BCUT2D eigenvalue weighted by Crippen LogP contribution is 2.06. The van der Waals surface area contributed by atoms with E-state index in [2.05, 4.69) is 19.1 Å². The molecule has 1 atom stereocenters. The van der Waals surface area contributed by atoms with Crippen LogP contribution in [0.4, 0.5) is 0 Å². The van der Waals surface area contributed by atoms with Crippen molar-refractivity contribution in [2.45, 2.75) is 38.0 Å². The number of alkyl halides is 1. The lowest BCUT2D eigenvalue weighted by Gasteiger charge is -2.02. The monoisotopic (exact) mass is 176 g/mol. The number of rotatable bonds is 6. The topological polar surface area (TPSA) is 20.2 Å². The van der Waals surface area contributed by atoms with Crippen molar-refractivity contribution >= 4 is 11.6 Å². The highest BCUT2D eigenvalue weighted by atomic mass is 35.5. The molecular weight excluding hydrogens is 160 g/mol. The van der Waals surface area contributed by atoms with Crippen LogP contribution in [-0.2, 0) is 0 Å². The van der Waals surface area contributed by atoms with Gasteiger partial charge in [0.05, 0.1) is 12.0 Å². The molecule has 66 valence electrons. The van der Waals surface area contributed by atoms with Gasteiger partial charge < -0.3 is 5.11 Å². The highest BCUT2D eigenvalue weighted by Gasteiger charge is 1.99. The number of aliphatic hydroxyl groups excluding tert-OH is 1. The van der Waals surface area contributed by atoms with Gasteiger partial charge in [0.1, 0.15) is 0 Å². The van der Waals surface area contributed by atoms with Gasteiger partial charge in [-0.05, 0) is 25.7 Å². The molecule has 0 amide bonds. The minimum Gasteiger partial charge on any atom is -0.395 e. The first-order valence-corrected chi connectivity index (χ1v) is 4.64. The van der Waals surface area contributed by atoms with E-state index in [1.54, 1.807) is 0 Å². The van der Waals surface area contributed by atoms with E-state index in [1.165, 1.54) is 0 Å². The van der Waals surface area contributed by atoms with Crippen molar-refractivity contribution in [2.75, 3.05) is 6.61 Å². The van der Waals surface area contributed by atoms with Gasteiger partial charge in [-0.25, -0.2) is 0 Å². The fraction of sp³-hybridized carbons (Fsp3) is 0.778. The fourth-order valence-electron chi connectivity index (χ4n) is 0.833. The first-order valence-electron chi connectivity index (χ1n) is 4.21. The molecule has 0 aromatic rings. The number of aliphatic hydroxyl groups is 1. The third-order valence-electron chi connectivity index (χ3n) is 1.49. The second kappa shape index (κ2) is 8.09. The molecule has 0 heterocycles. The SMILES string of the molecule is CC/C=C\CCC[C@H](Cl)CO. The zero-order chi connectivity index (χ0) is 8.53. The number of hydrogen-bond acceptors (Lipinski definition) is 1. The number of unbranched alkanes of at least 4 members (excludes halogenated alkanes) is 1. The summed E-state index contributed by atoms with van der Waals surface area (Å²) in [6, 6.07) is 0. The summed E-state index contributed by atoms with van der Waals surface area (Å²) in [6.45, 7) is 2.22. The van der Waals surface area contributed by atoms with Crippen molar-refractivity contribution in [1.29, 1.82) is 0 Å². The molecule has 11 heavy (non-hydrogen) atoms. The van der Waals surface area contributed by atoms with E-state index in [0.29, 0.717) is 0 Å². The van der Waals surface area contributed by atoms with Crippen LogP contribution in [0.15, 0.2) is 12.2 Å². The quantitative estimate of drug-likeness (QED) is 0.375. The van der Waals surface area contributed by atoms with Gasteiger partial charge in [0, 0.05) is 0 Å². The molecule has 0 aromatic carbocycles. The average molecular weight is 177 g/mol. The molecule has 0 rings (SSSR count). The molecule has 0 spiro atoms. The van der Waals surface area contributed by atoms with Crippen molar-refractivity contribution in [1.82, 2.24) is 0 Å². The summed E-state index contributed by atoms with van der Waals surface area (Å²) in [5, 5.41) is 8.54. The summed E-state index contributed by atoms with van der Waals surface area (Å²) in [6.07, 6.45) is 8.49. The van der Waals surface area contributed by atoms with Crippen LogP contribution in [-0.4, -0.2) is 17.1 Å². The van der Waals surface area contributed by atoms with Crippen LogP contribution < -0.4 is 0 Å². The van der Waals surface area contributed by atoms with Gasteiger partial charge in [-0.15, -0.1) is 11.6 Å². The van der Waals surface area contributed by atoms with Crippen LogP contribution in [0.25, 0.3) is 0 Å². The second-order valence-corrected chi connectivity index (χ2v) is 3.21. The van der Waals surface area contributed by atoms with E-state index in [1.807, 2.05) is 0 Å². The van der Waals surface area contributed by atoms with Crippen molar-refractivity contribution in [3.8, 4) is 0 Å². The molecule has 0 aromatic heterocycles. The predicted octanol–water partition coefficient (Wildman–Crippen LogP) is 2.72. The zero-order valence-corrected chi connectivity index (χ0v) is 7.85. The van der Waals surface area contributed by atoms with Crippen molar-refractivity contribution < 1.29 is 5.11 Å². The Labute approximate surface area is 74.1 Å². The standard InChI is InChI=1S/C9H17ClO/c1-2-3-4-5-6-7-9(10)8-11/h3-4,9,11H,2,5-8H2,1H3/b4-3-/t9-/m0/s1. The van der Waals surface area contributed by atoms with E-state index in [4.69, 9.17) is 16.7 Å². The Morgan fingerprint density at radius 2 is 2.18 bits per heavy atom. The number of halogens is 1. The molecule has 0 bridgehead atoms. The molecule has 0 fully saturated rings. The lowest BCUT2D eigenvalue weighted by atomic mass is 10.2. The third-order valence-corrected chi connectivity index (χ3v) is 1.84. The van der Waals surface area contributed by atoms with Gasteiger partial charge in [0.25, 0.3) is 0 Å². The van der Waals surface area contributed by atoms with E-state index >= 15 is 0 Å². The van der Waals surface area contributed by atoms with Crippen LogP contribution >= 0.6 is 11.6 Å². The average Bonchev–Trinajstić information content (AvgIpc) is 2.04. The minimum atomic E-state index is -0.0509. The summed E-state index contributed by atoms with van der Waals surface area (Å²) in [4.78, 5) is 0. The van der Waals surface area contributed by atoms with Crippen LogP contribution in [0.2, 0.25) is 0 Å². The molecular formula is C9H17ClO. The Morgan fingerprint density at radius 1 is 1.45 bits per heavy atom.